The Hall–Kier alpha value is -0.280. The molecule has 1 aromatic carbocycles. The van der Waals surface area contributed by atoms with Crippen molar-refractivity contribution < 1.29 is 0 Å². The van der Waals surface area contributed by atoms with Crippen LogP contribution in [-0.4, -0.2) is 30.6 Å². The highest BCUT2D eigenvalue weighted by atomic mass is 35.5. The summed E-state index contributed by atoms with van der Waals surface area (Å²) in [6.07, 6.45) is 6.73. The number of halogens is 2. The van der Waals surface area contributed by atoms with Gasteiger partial charge in [0.15, 0.2) is 0 Å². The Labute approximate surface area is 137 Å². The van der Waals surface area contributed by atoms with E-state index in [2.05, 4.69) is 16.3 Å². The van der Waals surface area contributed by atoms with Crippen LogP contribution in [0.5, 0.6) is 0 Å². The molecule has 1 saturated heterocycles. The molecule has 2 nitrogen and oxygen atoms in total. The maximum atomic E-state index is 6.37. The summed E-state index contributed by atoms with van der Waals surface area (Å²) >= 11 is 12.4. The van der Waals surface area contributed by atoms with Crippen molar-refractivity contribution in [2.24, 2.45) is 5.92 Å². The molecule has 0 radical (unpaired) electrons. The zero-order valence-electron chi connectivity index (χ0n) is 12.5. The summed E-state index contributed by atoms with van der Waals surface area (Å²) in [5.41, 5.74) is 1.21. The first-order valence-electron chi connectivity index (χ1n) is 8.11. The molecule has 0 unspecified atom stereocenters. The van der Waals surface area contributed by atoms with Crippen molar-refractivity contribution in [3.63, 3.8) is 0 Å². The van der Waals surface area contributed by atoms with Crippen LogP contribution in [0.1, 0.15) is 37.7 Å². The van der Waals surface area contributed by atoms with Crippen LogP contribution < -0.4 is 5.32 Å². The molecule has 1 saturated carbocycles. The van der Waals surface area contributed by atoms with Crippen LogP contribution in [0.25, 0.3) is 0 Å². The molecule has 1 aliphatic carbocycles. The SMILES string of the molecule is Clc1ccc(CN(C[C@@H]2CCNC2)C2CCCC2)c(Cl)c1. The van der Waals surface area contributed by atoms with E-state index < -0.39 is 0 Å². The second-order valence-corrected chi connectivity index (χ2v) is 7.31. The third kappa shape index (κ3) is 4.13. The van der Waals surface area contributed by atoms with E-state index in [0.29, 0.717) is 0 Å². The van der Waals surface area contributed by atoms with Gasteiger partial charge in [0.1, 0.15) is 0 Å². The predicted octanol–water partition coefficient (Wildman–Crippen LogP) is 4.35. The van der Waals surface area contributed by atoms with Crippen molar-refractivity contribution in [1.29, 1.82) is 0 Å². The topological polar surface area (TPSA) is 15.3 Å². The second kappa shape index (κ2) is 7.32. The first kappa shape index (κ1) is 15.6. The zero-order valence-corrected chi connectivity index (χ0v) is 14.0. The molecular weight excluding hydrogens is 303 g/mol. The minimum Gasteiger partial charge on any atom is -0.316 e. The van der Waals surface area contributed by atoms with E-state index in [1.807, 2.05) is 12.1 Å². The highest BCUT2D eigenvalue weighted by Crippen LogP contribution is 2.29. The van der Waals surface area contributed by atoms with Gasteiger partial charge >= 0.3 is 0 Å². The summed E-state index contributed by atoms with van der Waals surface area (Å²) in [5, 5.41) is 5.00. The van der Waals surface area contributed by atoms with Gasteiger partial charge in [-0.2, -0.15) is 0 Å². The molecule has 3 rings (SSSR count). The van der Waals surface area contributed by atoms with Crippen LogP contribution in [0.4, 0.5) is 0 Å². The van der Waals surface area contributed by atoms with Gasteiger partial charge < -0.3 is 5.32 Å². The lowest BCUT2D eigenvalue weighted by molar-refractivity contribution is 0.164. The molecule has 4 heteroatoms. The van der Waals surface area contributed by atoms with E-state index in [9.17, 15) is 0 Å². The number of hydrogen-bond acceptors (Lipinski definition) is 2. The summed E-state index contributed by atoms with van der Waals surface area (Å²) in [4.78, 5) is 2.67. The van der Waals surface area contributed by atoms with Crippen LogP contribution in [0.3, 0.4) is 0 Å². The minimum absolute atomic E-state index is 0.719. The lowest BCUT2D eigenvalue weighted by atomic mass is 10.1. The van der Waals surface area contributed by atoms with E-state index >= 15 is 0 Å². The monoisotopic (exact) mass is 326 g/mol. The molecule has 21 heavy (non-hydrogen) atoms. The first-order valence-corrected chi connectivity index (χ1v) is 8.86. The molecule has 0 bridgehead atoms. The van der Waals surface area contributed by atoms with Gasteiger partial charge in [-0.15, -0.1) is 0 Å². The Bertz CT molecular complexity index is 466. The Kier molecular flexibility index (Phi) is 5.44. The number of hydrogen-bond donors (Lipinski definition) is 1. The second-order valence-electron chi connectivity index (χ2n) is 6.46. The minimum atomic E-state index is 0.719. The molecule has 2 fully saturated rings. The van der Waals surface area contributed by atoms with Crippen molar-refractivity contribution in [2.75, 3.05) is 19.6 Å². The molecule has 0 spiro atoms. The number of nitrogens with zero attached hydrogens (tertiary/aromatic N) is 1. The summed E-state index contributed by atoms with van der Waals surface area (Å²) < 4.78 is 0. The maximum absolute atomic E-state index is 6.37. The third-order valence-electron chi connectivity index (χ3n) is 4.88. The molecule has 1 aliphatic heterocycles. The van der Waals surface area contributed by atoms with Gasteiger partial charge in [-0.05, 0) is 56.0 Å². The third-order valence-corrected chi connectivity index (χ3v) is 5.47. The summed E-state index contributed by atoms with van der Waals surface area (Å²) in [6, 6.07) is 6.63. The van der Waals surface area contributed by atoms with Crippen LogP contribution in [0.15, 0.2) is 18.2 Å². The number of benzene rings is 1. The number of rotatable bonds is 5. The van der Waals surface area contributed by atoms with Crippen molar-refractivity contribution in [3.05, 3.63) is 33.8 Å². The van der Waals surface area contributed by atoms with Crippen LogP contribution >= 0.6 is 23.2 Å². The first-order chi connectivity index (χ1) is 10.2. The average Bonchev–Trinajstić information content (AvgIpc) is 3.13. The number of nitrogens with one attached hydrogen (secondary N) is 1. The van der Waals surface area contributed by atoms with E-state index in [1.54, 1.807) is 0 Å². The normalized spacial score (nSPS) is 23.3. The highest BCUT2D eigenvalue weighted by Gasteiger charge is 2.26. The van der Waals surface area contributed by atoms with Gasteiger partial charge in [-0.3, -0.25) is 4.90 Å². The van der Waals surface area contributed by atoms with E-state index in [1.165, 1.54) is 50.8 Å². The molecule has 0 aromatic heterocycles. The largest absolute Gasteiger partial charge is 0.316 e. The quantitative estimate of drug-likeness (QED) is 0.865. The fraction of sp³-hybridized carbons (Fsp3) is 0.647. The van der Waals surface area contributed by atoms with Gasteiger partial charge in [0.2, 0.25) is 0 Å². The Morgan fingerprint density at radius 2 is 1.95 bits per heavy atom. The smallest absolute Gasteiger partial charge is 0.0465 e. The van der Waals surface area contributed by atoms with Crippen molar-refractivity contribution in [1.82, 2.24) is 10.2 Å². The van der Waals surface area contributed by atoms with Crippen molar-refractivity contribution in [2.45, 2.75) is 44.7 Å². The van der Waals surface area contributed by atoms with Crippen LogP contribution in [0.2, 0.25) is 10.0 Å². The maximum Gasteiger partial charge on any atom is 0.0465 e. The molecule has 116 valence electrons. The molecule has 2 aliphatic rings. The fourth-order valence-corrected chi connectivity index (χ4v) is 4.15. The summed E-state index contributed by atoms with van der Waals surface area (Å²) in [7, 11) is 0. The standard InChI is InChI=1S/C17H24Cl2N2/c18-15-6-5-14(17(19)9-15)12-21(16-3-1-2-4-16)11-13-7-8-20-10-13/h5-6,9,13,16,20H,1-4,7-8,10-12H2/t13-/m1/s1. The van der Waals surface area contributed by atoms with Crippen LogP contribution in [-0.2, 0) is 6.54 Å². The molecule has 1 heterocycles. The molecule has 1 N–H and O–H groups in total. The van der Waals surface area contributed by atoms with E-state index in [4.69, 9.17) is 23.2 Å². The summed E-state index contributed by atoms with van der Waals surface area (Å²) in [6.45, 7) is 4.48. The lowest BCUT2D eigenvalue weighted by Crippen LogP contribution is -2.37. The Balaban J connectivity index is 1.70. The summed E-state index contributed by atoms with van der Waals surface area (Å²) in [5.74, 6) is 0.789. The van der Waals surface area contributed by atoms with Gasteiger partial charge in [-0.25, -0.2) is 0 Å². The van der Waals surface area contributed by atoms with E-state index in [0.717, 1.165) is 35.1 Å². The van der Waals surface area contributed by atoms with Crippen molar-refractivity contribution in [3.8, 4) is 0 Å². The van der Waals surface area contributed by atoms with Crippen LogP contribution in [0, 0.1) is 5.92 Å². The van der Waals surface area contributed by atoms with Gasteiger partial charge in [0.25, 0.3) is 0 Å². The van der Waals surface area contributed by atoms with Gasteiger partial charge in [0, 0.05) is 29.2 Å². The van der Waals surface area contributed by atoms with Gasteiger partial charge in [-0.1, -0.05) is 42.1 Å². The molecular formula is C17H24Cl2N2. The highest BCUT2D eigenvalue weighted by molar-refractivity contribution is 6.35. The predicted molar refractivity (Wildman–Crippen MR) is 90.1 cm³/mol. The van der Waals surface area contributed by atoms with Gasteiger partial charge in [0.05, 0.1) is 0 Å². The zero-order chi connectivity index (χ0) is 14.7. The van der Waals surface area contributed by atoms with E-state index in [-0.39, 0.29) is 0 Å². The average molecular weight is 327 g/mol. The molecule has 0 amide bonds. The Morgan fingerprint density at radius 1 is 1.14 bits per heavy atom. The molecule has 1 atom stereocenters. The fourth-order valence-electron chi connectivity index (χ4n) is 3.68. The Morgan fingerprint density at radius 3 is 2.62 bits per heavy atom. The lowest BCUT2D eigenvalue weighted by Gasteiger charge is -2.31. The molecule has 1 aromatic rings. The van der Waals surface area contributed by atoms with Crippen molar-refractivity contribution >= 4 is 23.2 Å².